The van der Waals surface area contributed by atoms with Crippen molar-refractivity contribution in [1.29, 1.82) is 0 Å². The third-order valence-corrected chi connectivity index (χ3v) is 7.74. The van der Waals surface area contributed by atoms with Crippen molar-refractivity contribution in [2.45, 2.75) is 63.6 Å². The molecule has 0 aromatic heterocycles. The predicted octanol–water partition coefficient (Wildman–Crippen LogP) is 7.50. The summed E-state index contributed by atoms with van der Waals surface area (Å²) in [5.41, 5.74) is 1.42. The van der Waals surface area contributed by atoms with Crippen LogP contribution in [-0.2, 0) is 4.74 Å². The van der Waals surface area contributed by atoms with Gasteiger partial charge in [0, 0.05) is 11.1 Å². The van der Waals surface area contributed by atoms with Gasteiger partial charge < -0.3 is 14.6 Å². The van der Waals surface area contributed by atoms with Gasteiger partial charge in [-0.2, -0.15) is 0 Å². The van der Waals surface area contributed by atoms with E-state index in [-0.39, 0.29) is 40.9 Å². The van der Waals surface area contributed by atoms with Gasteiger partial charge >= 0.3 is 5.97 Å². The molecule has 3 aromatic rings. The molecule has 7 heteroatoms. The first-order valence-electron chi connectivity index (χ1n) is 13.2. The van der Waals surface area contributed by atoms with Crippen LogP contribution in [0.3, 0.4) is 0 Å². The van der Waals surface area contributed by atoms with E-state index in [1.165, 1.54) is 24.3 Å². The van der Waals surface area contributed by atoms with E-state index in [0.717, 1.165) is 44.6 Å². The maximum atomic E-state index is 15.1. The number of epoxide rings is 1. The Morgan fingerprint density at radius 1 is 0.974 bits per heavy atom. The molecule has 1 saturated heterocycles. The number of aliphatic hydroxyl groups is 1. The van der Waals surface area contributed by atoms with Gasteiger partial charge in [-0.3, -0.25) is 0 Å². The fourth-order valence-electron chi connectivity index (χ4n) is 5.46. The monoisotopic (exact) mass is 524 g/mol. The lowest BCUT2D eigenvalue weighted by Crippen LogP contribution is -2.25. The first-order valence-corrected chi connectivity index (χ1v) is 13.2. The van der Waals surface area contributed by atoms with E-state index >= 15 is 8.78 Å². The fourth-order valence-corrected chi connectivity index (χ4v) is 5.46. The van der Waals surface area contributed by atoms with E-state index in [1.54, 1.807) is 24.3 Å². The van der Waals surface area contributed by atoms with Crippen molar-refractivity contribution in [3.63, 3.8) is 0 Å². The van der Waals surface area contributed by atoms with E-state index in [9.17, 15) is 14.3 Å². The van der Waals surface area contributed by atoms with Gasteiger partial charge in [-0.05, 0) is 79.3 Å². The highest BCUT2D eigenvalue weighted by Gasteiger charge is 2.30. The van der Waals surface area contributed by atoms with Crippen LogP contribution < -0.4 is 4.74 Å². The van der Waals surface area contributed by atoms with Crippen molar-refractivity contribution in [1.82, 2.24) is 0 Å². The molecular weight excluding hydrogens is 493 g/mol. The summed E-state index contributed by atoms with van der Waals surface area (Å²) in [6.07, 6.45) is 4.18. The van der Waals surface area contributed by atoms with Crippen molar-refractivity contribution in [2.24, 2.45) is 5.92 Å². The van der Waals surface area contributed by atoms with Crippen LogP contribution in [-0.4, -0.2) is 23.8 Å². The van der Waals surface area contributed by atoms with Crippen LogP contribution in [0, 0.1) is 23.4 Å². The number of esters is 1. The van der Waals surface area contributed by atoms with Gasteiger partial charge in [0.1, 0.15) is 17.7 Å². The molecule has 0 radical (unpaired) electrons. The molecule has 0 bridgehead atoms. The maximum absolute atomic E-state index is 15.1. The molecule has 1 N–H and O–H groups in total. The summed E-state index contributed by atoms with van der Waals surface area (Å²) in [5.74, 6) is -2.64. The Hall–Kier alpha value is -3.16. The van der Waals surface area contributed by atoms with E-state index in [2.05, 4.69) is 0 Å². The van der Waals surface area contributed by atoms with Gasteiger partial charge in [-0.25, -0.2) is 18.0 Å². The number of hydrogen-bond acceptors (Lipinski definition) is 4. The Kier molecular flexibility index (Phi) is 7.86. The van der Waals surface area contributed by atoms with E-state index in [4.69, 9.17) is 9.47 Å². The van der Waals surface area contributed by atoms with Crippen LogP contribution in [0.2, 0.25) is 0 Å². The second kappa shape index (κ2) is 11.3. The summed E-state index contributed by atoms with van der Waals surface area (Å²) < 4.78 is 54.9. The summed E-state index contributed by atoms with van der Waals surface area (Å²) in [7, 11) is 0. The minimum absolute atomic E-state index is 0.0635. The molecule has 3 aromatic carbocycles. The molecule has 1 aliphatic heterocycles. The van der Waals surface area contributed by atoms with Crippen molar-refractivity contribution in [3.05, 3.63) is 88.7 Å². The Morgan fingerprint density at radius 2 is 1.66 bits per heavy atom. The Bertz CT molecular complexity index is 1300. The lowest BCUT2D eigenvalue weighted by atomic mass is 9.75. The molecule has 2 fully saturated rings. The molecule has 2 atom stereocenters. The van der Waals surface area contributed by atoms with Gasteiger partial charge in [-0.15, -0.1) is 0 Å². The summed E-state index contributed by atoms with van der Waals surface area (Å²) in [4.78, 5) is 12.5. The number of aliphatic hydroxyl groups excluding tert-OH is 1. The zero-order valence-corrected chi connectivity index (χ0v) is 21.3. The Labute approximate surface area is 220 Å². The van der Waals surface area contributed by atoms with Gasteiger partial charge in [0.25, 0.3) is 0 Å². The summed E-state index contributed by atoms with van der Waals surface area (Å²) in [6, 6.07) is 13.4. The predicted molar refractivity (Wildman–Crippen MR) is 137 cm³/mol. The van der Waals surface area contributed by atoms with Gasteiger partial charge in [0.15, 0.2) is 11.6 Å². The molecule has 2 unspecified atom stereocenters. The number of carbonyl (C=O) groups is 1. The number of halogens is 3. The second-order valence-electron chi connectivity index (χ2n) is 10.3. The molecule has 38 heavy (non-hydrogen) atoms. The summed E-state index contributed by atoms with van der Waals surface area (Å²) in [6.45, 7) is 2.51. The highest BCUT2D eigenvalue weighted by Crippen LogP contribution is 2.40. The standard InChI is InChI=1S/C31H31F3O4/c1-2-3-27(35)20-6-4-18(5-7-20)23-14-15-24(30(34)29(23)33)19-8-11-22(12-9-19)38-31(36)21-10-13-25(26(32)16-21)28-17-37-28/h8-16,18,20,27-28,35H,2-7,17H2,1H3. The number of benzene rings is 3. The molecule has 2 aliphatic rings. The van der Waals surface area contributed by atoms with Crippen molar-refractivity contribution in [3.8, 4) is 16.9 Å². The average Bonchev–Trinajstić information content (AvgIpc) is 3.76. The molecular formula is C31H31F3O4. The van der Waals surface area contributed by atoms with E-state index in [0.29, 0.717) is 23.3 Å². The number of hydrogen-bond donors (Lipinski definition) is 1. The maximum Gasteiger partial charge on any atom is 0.343 e. The third kappa shape index (κ3) is 5.64. The first kappa shape index (κ1) is 26.4. The normalized spacial score (nSPS) is 21.7. The zero-order chi connectivity index (χ0) is 26.8. The fraction of sp³-hybridized carbons (Fsp3) is 0.387. The second-order valence-corrected chi connectivity index (χ2v) is 10.3. The van der Waals surface area contributed by atoms with Crippen molar-refractivity contribution in [2.75, 3.05) is 6.61 Å². The molecule has 5 rings (SSSR count). The molecule has 0 spiro atoms. The molecule has 200 valence electrons. The SMILES string of the molecule is CCCC(O)C1CCC(c2ccc(-c3ccc(OC(=O)c4ccc(C5CO5)c(F)c4)cc3)c(F)c2F)CC1. The van der Waals surface area contributed by atoms with Gasteiger partial charge in [0.05, 0.1) is 18.3 Å². The Morgan fingerprint density at radius 3 is 2.29 bits per heavy atom. The largest absolute Gasteiger partial charge is 0.423 e. The van der Waals surface area contributed by atoms with Gasteiger partial charge in [0.2, 0.25) is 0 Å². The van der Waals surface area contributed by atoms with Crippen LogP contribution in [0.25, 0.3) is 11.1 Å². The van der Waals surface area contributed by atoms with E-state index < -0.39 is 23.4 Å². The van der Waals surface area contributed by atoms with Crippen LogP contribution in [0.4, 0.5) is 13.2 Å². The topological polar surface area (TPSA) is 59.1 Å². The van der Waals surface area contributed by atoms with Crippen molar-refractivity contribution >= 4 is 5.97 Å². The molecule has 4 nitrogen and oxygen atoms in total. The lowest BCUT2D eigenvalue weighted by Gasteiger charge is -2.32. The summed E-state index contributed by atoms with van der Waals surface area (Å²) >= 11 is 0. The average molecular weight is 525 g/mol. The Balaban J connectivity index is 1.24. The smallest absolute Gasteiger partial charge is 0.343 e. The quantitative estimate of drug-likeness (QED) is 0.188. The number of carbonyl (C=O) groups excluding carboxylic acids is 1. The highest BCUT2D eigenvalue weighted by atomic mass is 19.2. The van der Waals surface area contributed by atoms with Crippen LogP contribution in [0.5, 0.6) is 5.75 Å². The molecule has 0 amide bonds. The zero-order valence-electron chi connectivity index (χ0n) is 21.3. The minimum Gasteiger partial charge on any atom is -0.423 e. The molecule has 1 aliphatic carbocycles. The summed E-state index contributed by atoms with van der Waals surface area (Å²) in [5, 5.41) is 10.3. The van der Waals surface area contributed by atoms with Gasteiger partial charge in [-0.1, -0.05) is 43.7 Å². The number of ether oxygens (including phenoxy) is 2. The van der Waals surface area contributed by atoms with Crippen LogP contribution in [0.15, 0.2) is 54.6 Å². The van der Waals surface area contributed by atoms with Crippen molar-refractivity contribution < 1.29 is 32.5 Å². The van der Waals surface area contributed by atoms with Crippen LogP contribution in [0.1, 0.15) is 79.0 Å². The number of rotatable bonds is 8. The van der Waals surface area contributed by atoms with Crippen LogP contribution >= 0.6 is 0 Å². The first-order chi connectivity index (χ1) is 18.4. The minimum atomic E-state index is -0.907. The molecule has 1 heterocycles. The molecule has 1 saturated carbocycles. The highest BCUT2D eigenvalue weighted by molar-refractivity contribution is 5.91. The van der Waals surface area contributed by atoms with E-state index in [1.807, 2.05) is 6.92 Å². The lowest BCUT2D eigenvalue weighted by molar-refractivity contribution is 0.0725. The third-order valence-electron chi connectivity index (χ3n) is 7.74.